The first-order valence-corrected chi connectivity index (χ1v) is 6.02. The maximum atomic E-state index is 5.70. The first-order chi connectivity index (χ1) is 8.24. The predicted octanol–water partition coefficient (Wildman–Crippen LogP) is 3.96. The number of nitrogens with zero attached hydrogens (tertiary/aromatic N) is 2. The zero-order chi connectivity index (χ0) is 11.8. The summed E-state index contributed by atoms with van der Waals surface area (Å²) in [5, 5.41) is 0. The molecular weight excluding hydrogens is 280 g/mol. The van der Waals surface area contributed by atoms with Gasteiger partial charge >= 0.3 is 0 Å². The molecule has 0 N–H and O–H groups in total. The Morgan fingerprint density at radius 3 is 2.71 bits per heavy atom. The molecular formula is C13H9BrN2O. The number of benzene rings is 1. The molecule has 0 aliphatic heterocycles. The number of aromatic nitrogens is 2. The van der Waals surface area contributed by atoms with Crippen LogP contribution in [-0.2, 0) is 0 Å². The lowest BCUT2D eigenvalue weighted by molar-refractivity contribution is 0.619. The summed E-state index contributed by atoms with van der Waals surface area (Å²) in [5.41, 5.74) is 3.46. The molecule has 0 unspecified atom stereocenters. The molecule has 2 heterocycles. The predicted molar refractivity (Wildman–Crippen MR) is 69.7 cm³/mol. The summed E-state index contributed by atoms with van der Waals surface area (Å²) >= 11 is 3.32. The Kier molecular flexibility index (Phi) is 2.44. The fourth-order valence-corrected chi connectivity index (χ4v) is 2.02. The van der Waals surface area contributed by atoms with Crippen molar-refractivity contribution in [1.82, 2.24) is 9.97 Å². The zero-order valence-electron chi connectivity index (χ0n) is 9.14. The molecule has 0 aliphatic rings. The molecule has 0 radical (unpaired) electrons. The van der Waals surface area contributed by atoms with Gasteiger partial charge in [0.2, 0.25) is 5.89 Å². The number of halogens is 1. The number of rotatable bonds is 1. The standard InChI is InChI=1S/C13H9BrN2O/c1-8-4-2-3-5-9(8)13-16-12-10(17-13)6-7-11(14)15-12/h2-7H,1H3. The molecule has 0 bridgehead atoms. The first-order valence-electron chi connectivity index (χ1n) is 5.23. The topological polar surface area (TPSA) is 38.9 Å². The van der Waals surface area contributed by atoms with E-state index in [1.165, 1.54) is 0 Å². The van der Waals surface area contributed by atoms with Gasteiger partial charge in [0.05, 0.1) is 0 Å². The normalized spacial score (nSPS) is 10.9. The Bertz CT molecular complexity index is 691. The van der Waals surface area contributed by atoms with E-state index in [4.69, 9.17) is 4.42 Å². The van der Waals surface area contributed by atoms with Crippen LogP contribution in [-0.4, -0.2) is 9.97 Å². The van der Waals surface area contributed by atoms with Crippen molar-refractivity contribution in [2.24, 2.45) is 0 Å². The molecule has 0 amide bonds. The second-order valence-corrected chi connectivity index (χ2v) is 4.60. The maximum Gasteiger partial charge on any atom is 0.229 e. The summed E-state index contributed by atoms with van der Waals surface area (Å²) in [6, 6.07) is 11.7. The smallest absolute Gasteiger partial charge is 0.229 e. The third-order valence-corrected chi connectivity index (χ3v) is 3.04. The third kappa shape index (κ3) is 1.85. The van der Waals surface area contributed by atoms with E-state index < -0.39 is 0 Å². The number of fused-ring (bicyclic) bond motifs is 1. The van der Waals surface area contributed by atoms with Crippen LogP contribution in [0.3, 0.4) is 0 Å². The highest BCUT2D eigenvalue weighted by Gasteiger charge is 2.10. The van der Waals surface area contributed by atoms with Gasteiger partial charge in [-0.25, -0.2) is 4.98 Å². The van der Waals surface area contributed by atoms with Gasteiger partial charge in [-0.3, -0.25) is 0 Å². The van der Waals surface area contributed by atoms with Crippen molar-refractivity contribution in [3.8, 4) is 11.5 Å². The number of aryl methyl sites for hydroxylation is 1. The third-order valence-electron chi connectivity index (χ3n) is 2.59. The molecule has 3 rings (SSSR count). The molecule has 84 valence electrons. The van der Waals surface area contributed by atoms with E-state index in [9.17, 15) is 0 Å². The monoisotopic (exact) mass is 288 g/mol. The van der Waals surface area contributed by atoms with Crippen molar-refractivity contribution in [1.29, 1.82) is 0 Å². The SMILES string of the molecule is Cc1ccccc1-c1nc2nc(Br)ccc2o1. The largest absolute Gasteiger partial charge is 0.434 e. The van der Waals surface area contributed by atoms with Crippen molar-refractivity contribution >= 4 is 27.2 Å². The molecule has 3 nitrogen and oxygen atoms in total. The van der Waals surface area contributed by atoms with Gasteiger partial charge in [-0.15, -0.1) is 0 Å². The molecule has 17 heavy (non-hydrogen) atoms. The molecule has 0 fully saturated rings. The molecule has 4 heteroatoms. The average molecular weight is 289 g/mol. The Balaban J connectivity index is 2.22. The lowest BCUT2D eigenvalue weighted by Crippen LogP contribution is -1.82. The minimum absolute atomic E-state index is 0.615. The van der Waals surface area contributed by atoms with Gasteiger partial charge in [0.15, 0.2) is 11.2 Å². The van der Waals surface area contributed by atoms with E-state index in [1.54, 1.807) is 0 Å². The highest BCUT2D eigenvalue weighted by atomic mass is 79.9. The highest BCUT2D eigenvalue weighted by molar-refractivity contribution is 9.10. The van der Waals surface area contributed by atoms with Crippen LogP contribution >= 0.6 is 15.9 Å². The quantitative estimate of drug-likeness (QED) is 0.636. The van der Waals surface area contributed by atoms with E-state index in [1.807, 2.05) is 43.3 Å². The molecule has 3 aromatic rings. The zero-order valence-corrected chi connectivity index (χ0v) is 10.7. The summed E-state index contributed by atoms with van der Waals surface area (Å²) in [5.74, 6) is 0.615. The van der Waals surface area contributed by atoms with Crippen molar-refractivity contribution in [2.75, 3.05) is 0 Å². The molecule has 0 atom stereocenters. The van der Waals surface area contributed by atoms with Crippen LogP contribution in [0.15, 0.2) is 45.4 Å². The Morgan fingerprint density at radius 1 is 1.06 bits per heavy atom. The first kappa shape index (κ1) is 10.5. The van der Waals surface area contributed by atoms with Crippen LogP contribution in [0.4, 0.5) is 0 Å². The molecule has 1 aromatic carbocycles. The Morgan fingerprint density at radius 2 is 1.88 bits per heavy atom. The van der Waals surface area contributed by atoms with Crippen LogP contribution in [0.2, 0.25) is 0 Å². The number of hydrogen-bond donors (Lipinski definition) is 0. The minimum Gasteiger partial charge on any atom is -0.434 e. The number of pyridine rings is 1. The van der Waals surface area contributed by atoms with E-state index in [0.29, 0.717) is 17.1 Å². The van der Waals surface area contributed by atoms with E-state index >= 15 is 0 Å². The van der Waals surface area contributed by atoms with Gasteiger partial charge in [-0.2, -0.15) is 4.98 Å². The van der Waals surface area contributed by atoms with Crippen LogP contribution in [0.1, 0.15) is 5.56 Å². The number of hydrogen-bond acceptors (Lipinski definition) is 3. The van der Waals surface area contributed by atoms with E-state index in [2.05, 4.69) is 25.9 Å². The van der Waals surface area contributed by atoms with Gasteiger partial charge in [0.1, 0.15) is 4.60 Å². The van der Waals surface area contributed by atoms with Gasteiger partial charge in [0.25, 0.3) is 0 Å². The van der Waals surface area contributed by atoms with Crippen molar-refractivity contribution < 1.29 is 4.42 Å². The lowest BCUT2D eigenvalue weighted by Gasteiger charge is -1.98. The number of oxazole rings is 1. The van der Waals surface area contributed by atoms with E-state index in [-0.39, 0.29) is 0 Å². The molecule has 2 aromatic heterocycles. The Hall–Kier alpha value is -1.68. The molecule has 0 saturated carbocycles. The average Bonchev–Trinajstić information content (AvgIpc) is 2.72. The fraction of sp³-hybridized carbons (Fsp3) is 0.0769. The summed E-state index contributed by atoms with van der Waals surface area (Å²) in [6.07, 6.45) is 0. The molecule has 0 saturated heterocycles. The highest BCUT2D eigenvalue weighted by Crippen LogP contribution is 2.26. The minimum atomic E-state index is 0.615. The lowest BCUT2D eigenvalue weighted by atomic mass is 10.1. The van der Waals surface area contributed by atoms with Crippen LogP contribution in [0.5, 0.6) is 0 Å². The second kappa shape index (κ2) is 3.96. The van der Waals surface area contributed by atoms with Gasteiger partial charge in [0, 0.05) is 5.56 Å². The van der Waals surface area contributed by atoms with E-state index in [0.717, 1.165) is 15.7 Å². The van der Waals surface area contributed by atoms with Crippen LogP contribution < -0.4 is 0 Å². The summed E-state index contributed by atoms with van der Waals surface area (Å²) in [7, 11) is 0. The van der Waals surface area contributed by atoms with Gasteiger partial charge in [-0.05, 0) is 46.6 Å². The second-order valence-electron chi connectivity index (χ2n) is 3.79. The maximum absolute atomic E-state index is 5.70. The van der Waals surface area contributed by atoms with Crippen LogP contribution in [0.25, 0.3) is 22.7 Å². The summed E-state index contributed by atoms with van der Waals surface area (Å²) < 4.78 is 6.45. The molecule has 0 spiro atoms. The summed E-state index contributed by atoms with van der Waals surface area (Å²) in [6.45, 7) is 2.04. The van der Waals surface area contributed by atoms with Crippen molar-refractivity contribution in [3.63, 3.8) is 0 Å². The van der Waals surface area contributed by atoms with Crippen LogP contribution in [0, 0.1) is 6.92 Å². The fourth-order valence-electron chi connectivity index (χ4n) is 1.72. The summed E-state index contributed by atoms with van der Waals surface area (Å²) in [4.78, 5) is 8.66. The van der Waals surface area contributed by atoms with Crippen molar-refractivity contribution in [2.45, 2.75) is 6.92 Å². The Labute approximate surface area is 107 Å². The van der Waals surface area contributed by atoms with Gasteiger partial charge < -0.3 is 4.42 Å². The van der Waals surface area contributed by atoms with Crippen molar-refractivity contribution in [3.05, 3.63) is 46.6 Å². The molecule has 0 aliphatic carbocycles. The van der Waals surface area contributed by atoms with Gasteiger partial charge in [-0.1, -0.05) is 18.2 Å².